The summed E-state index contributed by atoms with van der Waals surface area (Å²) in [7, 11) is 0. The zero-order valence-electron chi connectivity index (χ0n) is 13.4. The molecule has 0 saturated heterocycles. The van der Waals surface area contributed by atoms with Crippen molar-refractivity contribution in [2.75, 3.05) is 6.61 Å². The average Bonchev–Trinajstić information content (AvgIpc) is 2.42. The summed E-state index contributed by atoms with van der Waals surface area (Å²) in [6.07, 6.45) is -1.33. The first-order chi connectivity index (χ1) is 10.3. The van der Waals surface area contributed by atoms with E-state index in [0.717, 1.165) is 5.56 Å². The van der Waals surface area contributed by atoms with Gasteiger partial charge in [0.2, 0.25) is 0 Å². The molecule has 0 aliphatic heterocycles. The van der Waals surface area contributed by atoms with Crippen LogP contribution in [0.2, 0.25) is 0 Å². The van der Waals surface area contributed by atoms with Gasteiger partial charge < -0.3 is 19.5 Å². The van der Waals surface area contributed by atoms with Crippen LogP contribution in [-0.4, -0.2) is 30.5 Å². The van der Waals surface area contributed by atoms with Crippen molar-refractivity contribution >= 4 is 12.2 Å². The molecule has 0 aliphatic rings. The second kappa shape index (κ2) is 8.26. The first-order valence-electron chi connectivity index (χ1n) is 7.09. The lowest BCUT2D eigenvalue weighted by Gasteiger charge is -2.21. The molecule has 0 heterocycles. The van der Waals surface area contributed by atoms with Gasteiger partial charge in [-0.1, -0.05) is 30.3 Å². The monoisotopic (exact) mass is 309 g/mol. The molecule has 1 rings (SSSR count). The lowest BCUT2D eigenvalue weighted by Crippen LogP contribution is -2.40. The molecule has 1 aromatic carbocycles. The number of rotatable bonds is 5. The Bertz CT molecular complexity index is 481. The third-order valence-corrected chi connectivity index (χ3v) is 2.41. The van der Waals surface area contributed by atoms with E-state index in [1.54, 1.807) is 27.7 Å². The number of alkyl carbamates (subject to hydrolysis) is 1. The summed E-state index contributed by atoms with van der Waals surface area (Å²) < 4.78 is 15.0. The topological polar surface area (TPSA) is 73.9 Å². The van der Waals surface area contributed by atoms with Crippen molar-refractivity contribution in [2.45, 2.75) is 45.9 Å². The van der Waals surface area contributed by atoms with E-state index in [4.69, 9.17) is 14.2 Å². The van der Waals surface area contributed by atoms with Crippen molar-refractivity contribution in [2.24, 2.45) is 0 Å². The molecule has 1 amide bonds. The predicted molar refractivity (Wildman–Crippen MR) is 81.4 cm³/mol. The average molecular weight is 309 g/mol. The van der Waals surface area contributed by atoms with Crippen LogP contribution in [0.4, 0.5) is 9.59 Å². The number of ether oxygens (including phenoxy) is 3. The standard InChI is InChI=1S/C16H23NO5/c1-12(17-14(18)22-16(2,3)4)10-20-15(19)21-11-13-8-6-5-7-9-13/h5-9,12H,10-11H2,1-4H3,(H,17,18)/t12-/m0/s1. The van der Waals surface area contributed by atoms with Gasteiger partial charge in [0.1, 0.15) is 18.8 Å². The summed E-state index contributed by atoms with van der Waals surface area (Å²) >= 11 is 0. The zero-order valence-corrected chi connectivity index (χ0v) is 13.4. The predicted octanol–water partition coefficient (Wildman–Crippen LogP) is 3.25. The molecule has 6 heteroatoms. The Labute approximate surface area is 130 Å². The molecule has 1 atom stereocenters. The molecular weight excluding hydrogens is 286 g/mol. The van der Waals surface area contributed by atoms with Crippen molar-refractivity contribution in [3.63, 3.8) is 0 Å². The maximum Gasteiger partial charge on any atom is 0.508 e. The van der Waals surface area contributed by atoms with Gasteiger partial charge in [0.15, 0.2) is 0 Å². The van der Waals surface area contributed by atoms with E-state index in [-0.39, 0.29) is 19.3 Å². The summed E-state index contributed by atoms with van der Waals surface area (Å²) in [4.78, 5) is 23.0. The van der Waals surface area contributed by atoms with Crippen LogP contribution in [0.1, 0.15) is 33.3 Å². The highest BCUT2D eigenvalue weighted by Crippen LogP contribution is 2.07. The number of nitrogens with one attached hydrogen (secondary N) is 1. The Morgan fingerprint density at radius 2 is 1.77 bits per heavy atom. The minimum atomic E-state index is -0.776. The lowest BCUT2D eigenvalue weighted by atomic mass is 10.2. The summed E-state index contributed by atoms with van der Waals surface area (Å²) in [6, 6.07) is 8.92. The van der Waals surface area contributed by atoms with Gasteiger partial charge >= 0.3 is 12.2 Å². The van der Waals surface area contributed by atoms with Crippen molar-refractivity contribution in [1.29, 1.82) is 0 Å². The van der Waals surface area contributed by atoms with Gasteiger partial charge in [0, 0.05) is 0 Å². The normalized spacial score (nSPS) is 12.2. The van der Waals surface area contributed by atoms with Crippen molar-refractivity contribution in [1.82, 2.24) is 5.32 Å². The number of hydrogen-bond donors (Lipinski definition) is 1. The second-order valence-corrected chi connectivity index (χ2v) is 5.88. The van der Waals surface area contributed by atoms with Gasteiger partial charge in [-0.2, -0.15) is 0 Å². The first kappa shape index (κ1) is 17.8. The number of carbonyl (C=O) groups is 2. The van der Waals surface area contributed by atoms with Crippen LogP contribution in [-0.2, 0) is 20.8 Å². The van der Waals surface area contributed by atoms with Crippen LogP contribution in [0, 0.1) is 0 Å². The van der Waals surface area contributed by atoms with Crippen molar-refractivity contribution < 1.29 is 23.8 Å². The Balaban J connectivity index is 2.21. The van der Waals surface area contributed by atoms with E-state index in [1.165, 1.54) is 0 Å². The van der Waals surface area contributed by atoms with E-state index < -0.39 is 17.8 Å². The fraction of sp³-hybridized carbons (Fsp3) is 0.500. The van der Waals surface area contributed by atoms with E-state index in [0.29, 0.717) is 0 Å². The maximum atomic E-state index is 11.5. The Kier molecular flexibility index (Phi) is 6.69. The number of benzene rings is 1. The van der Waals surface area contributed by atoms with Crippen molar-refractivity contribution in [3.8, 4) is 0 Å². The first-order valence-corrected chi connectivity index (χ1v) is 7.09. The quantitative estimate of drug-likeness (QED) is 0.845. The molecule has 1 aromatic rings. The van der Waals surface area contributed by atoms with Crippen LogP contribution in [0.15, 0.2) is 30.3 Å². The van der Waals surface area contributed by atoms with Crippen LogP contribution in [0.25, 0.3) is 0 Å². The van der Waals surface area contributed by atoms with Gasteiger partial charge in [-0.15, -0.1) is 0 Å². The highest BCUT2D eigenvalue weighted by Gasteiger charge is 2.18. The van der Waals surface area contributed by atoms with Gasteiger partial charge in [0.05, 0.1) is 6.04 Å². The zero-order chi connectivity index (χ0) is 16.6. The van der Waals surface area contributed by atoms with E-state index in [2.05, 4.69) is 5.32 Å². The molecule has 22 heavy (non-hydrogen) atoms. The molecule has 122 valence electrons. The molecule has 6 nitrogen and oxygen atoms in total. The molecular formula is C16H23NO5. The van der Waals surface area contributed by atoms with Gasteiger partial charge in [-0.25, -0.2) is 9.59 Å². The maximum absolute atomic E-state index is 11.5. The highest BCUT2D eigenvalue weighted by molar-refractivity contribution is 5.68. The van der Waals surface area contributed by atoms with E-state index >= 15 is 0 Å². The molecule has 0 unspecified atom stereocenters. The molecule has 0 bridgehead atoms. The molecule has 0 saturated carbocycles. The van der Waals surface area contributed by atoms with Crippen LogP contribution in [0.3, 0.4) is 0 Å². The van der Waals surface area contributed by atoms with Crippen LogP contribution in [0.5, 0.6) is 0 Å². The Hall–Kier alpha value is -2.24. The summed E-state index contributed by atoms with van der Waals surface area (Å²) in [5.74, 6) is 0. The summed E-state index contributed by atoms with van der Waals surface area (Å²) in [5, 5.41) is 2.57. The van der Waals surface area contributed by atoms with Crippen LogP contribution < -0.4 is 5.32 Å². The van der Waals surface area contributed by atoms with Crippen molar-refractivity contribution in [3.05, 3.63) is 35.9 Å². The number of amides is 1. The van der Waals surface area contributed by atoms with Gasteiger partial charge in [-0.05, 0) is 33.3 Å². The number of hydrogen-bond acceptors (Lipinski definition) is 5. The molecule has 1 N–H and O–H groups in total. The molecule has 0 aliphatic carbocycles. The largest absolute Gasteiger partial charge is 0.508 e. The number of carbonyl (C=O) groups excluding carboxylic acids is 2. The molecule has 0 aromatic heterocycles. The van der Waals surface area contributed by atoms with E-state index in [9.17, 15) is 9.59 Å². The van der Waals surface area contributed by atoms with Crippen LogP contribution >= 0.6 is 0 Å². The Morgan fingerprint density at radius 1 is 1.14 bits per heavy atom. The summed E-state index contributed by atoms with van der Waals surface area (Å²) in [6.45, 7) is 7.17. The van der Waals surface area contributed by atoms with Gasteiger partial charge in [0.25, 0.3) is 0 Å². The second-order valence-electron chi connectivity index (χ2n) is 5.88. The van der Waals surface area contributed by atoms with Gasteiger partial charge in [-0.3, -0.25) is 0 Å². The third-order valence-electron chi connectivity index (χ3n) is 2.41. The smallest absolute Gasteiger partial charge is 0.444 e. The molecule has 0 fully saturated rings. The summed E-state index contributed by atoms with van der Waals surface area (Å²) in [5.41, 5.74) is 0.304. The lowest BCUT2D eigenvalue weighted by molar-refractivity contribution is 0.0344. The Morgan fingerprint density at radius 3 is 2.36 bits per heavy atom. The highest BCUT2D eigenvalue weighted by atomic mass is 16.7. The van der Waals surface area contributed by atoms with E-state index in [1.807, 2.05) is 30.3 Å². The third kappa shape index (κ3) is 8.14. The fourth-order valence-corrected chi connectivity index (χ4v) is 1.50. The minimum absolute atomic E-state index is 0.00681. The minimum Gasteiger partial charge on any atom is -0.444 e. The fourth-order valence-electron chi connectivity index (χ4n) is 1.50. The molecule has 0 radical (unpaired) electrons. The SMILES string of the molecule is C[C@@H](COC(=O)OCc1ccccc1)NC(=O)OC(C)(C)C. The molecule has 0 spiro atoms.